The second-order valence-corrected chi connectivity index (χ2v) is 3.36. The average Bonchev–Trinajstić information content (AvgIpc) is 2.59. The molecule has 1 N–H and O–H groups in total. The molecule has 0 aromatic carbocycles. The van der Waals surface area contributed by atoms with Crippen molar-refractivity contribution in [1.29, 1.82) is 0 Å². The molecule has 2 heteroatoms. The number of hydrogen-bond acceptors (Lipinski definition) is 2. The molecule has 1 saturated carbocycles. The van der Waals surface area contributed by atoms with Gasteiger partial charge >= 0.3 is 0 Å². The first-order valence-electron chi connectivity index (χ1n) is 4.62. The Hall–Kier alpha value is -1.05. The first-order valence-corrected chi connectivity index (χ1v) is 4.62. The molecule has 1 aromatic rings. The van der Waals surface area contributed by atoms with Crippen molar-refractivity contribution in [3.05, 3.63) is 24.5 Å². The fourth-order valence-corrected chi connectivity index (χ4v) is 1.75. The Morgan fingerprint density at radius 3 is 2.50 bits per heavy atom. The maximum absolute atomic E-state index is 3.98. The van der Waals surface area contributed by atoms with Crippen LogP contribution in [0.3, 0.4) is 0 Å². The first-order chi connectivity index (χ1) is 5.95. The maximum Gasteiger partial charge on any atom is 0.0373 e. The summed E-state index contributed by atoms with van der Waals surface area (Å²) in [7, 11) is 0. The number of aromatic nitrogens is 1. The van der Waals surface area contributed by atoms with Crippen molar-refractivity contribution in [2.45, 2.75) is 31.7 Å². The maximum atomic E-state index is 3.98. The minimum Gasteiger partial charge on any atom is -0.382 e. The largest absolute Gasteiger partial charge is 0.382 e. The predicted molar refractivity (Wildman–Crippen MR) is 50.1 cm³/mol. The minimum atomic E-state index is 0.701. The third-order valence-corrected chi connectivity index (χ3v) is 2.41. The van der Waals surface area contributed by atoms with Gasteiger partial charge in [-0.1, -0.05) is 12.8 Å². The Morgan fingerprint density at radius 2 is 1.83 bits per heavy atom. The number of nitrogens with zero attached hydrogens (tertiary/aromatic N) is 1. The number of pyridine rings is 1. The number of rotatable bonds is 2. The van der Waals surface area contributed by atoms with Crippen LogP contribution in [0.4, 0.5) is 5.69 Å². The van der Waals surface area contributed by atoms with Crippen molar-refractivity contribution in [1.82, 2.24) is 4.98 Å². The van der Waals surface area contributed by atoms with Crippen molar-refractivity contribution in [2.24, 2.45) is 0 Å². The Kier molecular flexibility index (Phi) is 2.26. The monoisotopic (exact) mass is 162 g/mol. The quantitative estimate of drug-likeness (QED) is 0.722. The van der Waals surface area contributed by atoms with Gasteiger partial charge in [-0.15, -0.1) is 0 Å². The minimum absolute atomic E-state index is 0.701. The molecule has 1 aliphatic rings. The summed E-state index contributed by atoms with van der Waals surface area (Å²) in [4.78, 5) is 3.98. The lowest BCUT2D eigenvalue weighted by Crippen LogP contribution is -2.14. The van der Waals surface area contributed by atoms with E-state index in [-0.39, 0.29) is 0 Å². The Balaban J connectivity index is 1.94. The summed E-state index contributed by atoms with van der Waals surface area (Å²) >= 11 is 0. The molecule has 64 valence electrons. The predicted octanol–water partition coefficient (Wildman–Crippen LogP) is 2.44. The third kappa shape index (κ3) is 1.76. The topological polar surface area (TPSA) is 24.9 Å². The molecule has 0 aliphatic heterocycles. The van der Waals surface area contributed by atoms with E-state index < -0.39 is 0 Å². The van der Waals surface area contributed by atoms with E-state index in [4.69, 9.17) is 0 Å². The Morgan fingerprint density at radius 1 is 1.17 bits per heavy atom. The van der Waals surface area contributed by atoms with E-state index in [2.05, 4.69) is 10.3 Å². The van der Waals surface area contributed by atoms with Crippen LogP contribution in [0.1, 0.15) is 25.7 Å². The second kappa shape index (κ2) is 3.57. The number of hydrogen-bond donors (Lipinski definition) is 1. The van der Waals surface area contributed by atoms with Crippen LogP contribution in [0, 0.1) is 0 Å². The van der Waals surface area contributed by atoms with E-state index in [0.29, 0.717) is 6.04 Å². The zero-order chi connectivity index (χ0) is 8.23. The number of anilines is 1. The summed E-state index contributed by atoms with van der Waals surface area (Å²) in [5.74, 6) is 0. The van der Waals surface area contributed by atoms with Crippen LogP contribution < -0.4 is 5.32 Å². The highest BCUT2D eigenvalue weighted by atomic mass is 14.9. The van der Waals surface area contributed by atoms with Crippen molar-refractivity contribution < 1.29 is 0 Å². The van der Waals surface area contributed by atoms with E-state index in [1.807, 2.05) is 24.5 Å². The standard InChI is InChI=1S/C10H14N2/c1-2-4-9(3-1)12-10-5-7-11-8-6-10/h5-9H,1-4H2,(H,11,12). The van der Waals surface area contributed by atoms with E-state index in [1.54, 1.807) is 0 Å². The summed E-state index contributed by atoms with van der Waals surface area (Å²) in [6.45, 7) is 0. The second-order valence-electron chi connectivity index (χ2n) is 3.36. The van der Waals surface area contributed by atoms with Gasteiger partial charge in [-0.25, -0.2) is 0 Å². The van der Waals surface area contributed by atoms with Gasteiger partial charge in [0.2, 0.25) is 0 Å². The zero-order valence-electron chi connectivity index (χ0n) is 7.16. The zero-order valence-corrected chi connectivity index (χ0v) is 7.16. The van der Waals surface area contributed by atoms with E-state index in [1.165, 1.54) is 31.4 Å². The molecule has 0 amide bonds. The molecule has 1 aliphatic carbocycles. The van der Waals surface area contributed by atoms with Gasteiger partial charge in [-0.3, -0.25) is 4.98 Å². The molecule has 0 saturated heterocycles. The smallest absolute Gasteiger partial charge is 0.0373 e. The summed E-state index contributed by atoms with van der Waals surface area (Å²) < 4.78 is 0. The van der Waals surface area contributed by atoms with Crippen molar-refractivity contribution in [3.63, 3.8) is 0 Å². The molecular weight excluding hydrogens is 148 g/mol. The van der Waals surface area contributed by atoms with Gasteiger partial charge in [-0.05, 0) is 25.0 Å². The van der Waals surface area contributed by atoms with E-state index >= 15 is 0 Å². The molecule has 1 heterocycles. The lowest BCUT2D eigenvalue weighted by molar-refractivity contribution is 0.755. The molecule has 12 heavy (non-hydrogen) atoms. The van der Waals surface area contributed by atoms with Crippen LogP contribution in [0.15, 0.2) is 24.5 Å². The highest BCUT2D eigenvalue weighted by molar-refractivity contribution is 5.41. The number of nitrogens with one attached hydrogen (secondary N) is 1. The molecule has 0 radical (unpaired) electrons. The Labute approximate surface area is 73.0 Å². The molecular formula is C10H14N2. The average molecular weight is 162 g/mol. The molecule has 2 rings (SSSR count). The molecule has 0 unspecified atom stereocenters. The van der Waals surface area contributed by atoms with Crippen LogP contribution in [-0.4, -0.2) is 11.0 Å². The summed E-state index contributed by atoms with van der Waals surface area (Å²) in [5, 5.41) is 3.50. The van der Waals surface area contributed by atoms with Crippen LogP contribution in [0.2, 0.25) is 0 Å². The Bertz CT molecular complexity index is 227. The van der Waals surface area contributed by atoms with Crippen LogP contribution in [-0.2, 0) is 0 Å². The van der Waals surface area contributed by atoms with Crippen molar-refractivity contribution in [2.75, 3.05) is 5.32 Å². The summed E-state index contributed by atoms with van der Waals surface area (Å²) in [6, 6.07) is 4.75. The van der Waals surface area contributed by atoms with E-state index in [0.717, 1.165) is 0 Å². The first kappa shape index (κ1) is 7.59. The molecule has 1 aromatic heterocycles. The lowest BCUT2D eigenvalue weighted by Gasteiger charge is -2.12. The summed E-state index contributed by atoms with van der Waals surface area (Å²) in [6.07, 6.45) is 9.06. The molecule has 2 nitrogen and oxygen atoms in total. The molecule has 0 bridgehead atoms. The fourth-order valence-electron chi connectivity index (χ4n) is 1.75. The third-order valence-electron chi connectivity index (χ3n) is 2.41. The van der Waals surface area contributed by atoms with Gasteiger partial charge in [0, 0.05) is 24.1 Å². The highest BCUT2D eigenvalue weighted by Gasteiger charge is 2.13. The molecule has 1 fully saturated rings. The van der Waals surface area contributed by atoms with Gasteiger partial charge in [0.15, 0.2) is 0 Å². The van der Waals surface area contributed by atoms with Crippen LogP contribution in [0.25, 0.3) is 0 Å². The van der Waals surface area contributed by atoms with Crippen molar-refractivity contribution >= 4 is 5.69 Å². The van der Waals surface area contributed by atoms with Crippen molar-refractivity contribution in [3.8, 4) is 0 Å². The van der Waals surface area contributed by atoms with Crippen LogP contribution in [0.5, 0.6) is 0 Å². The van der Waals surface area contributed by atoms with Gasteiger partial charge in [-0.2, -0.15) is 0 Å². The van der Waals surface area contributed by atoms with E-state index in [9.17, 15) is 0 Å². The SMILES string of the molecule is c1cc(NC2CCCC2)ccn1. The lowest BCUT2D eigenvalue weighted by atomic mass is 10.2. The molecule has 0 spiro atoms. The summed E-state index contributed by atoms with van der Waals surface area (Å²) in [5.41, 5.74) is 1.21. The highest BCUT2D eigenvalue weighted by Crippen LogP contribution is 2.21. The van der Waals surface area contributed by atoms with Gasteiger partial charge in [0.1, 0.15) is 0 Å². The van der Waals surface area contributed by atoms with Gasteiger partial charge < -0.3 is 5.32 Å². The van der Waals surface area contributed by atoms with Gasteiger partial charge in [0.25, 0.3) is 0 Å². The van der Waals surface area contributed by atoms with Gasteiger partial charge in [0.05, 0.1) is 0 Å². The normalized spacial score (nSPS) is 18.0. The fraction of sp³-hybridized carbons (Fsp3) is 0.500. The molecule has 0 atom stereocenters. The van der Waals surface area contributed by atoms with Crippen LogP contribution >= 0.6 is 0 Å².